The number of aromatic nitrogens is 1. The molecule has 0 aliphatic carbocycles. The molecule has 0 bridgehead atoms. The zero-order valence-corrected chi connectivity index (χ0v) is 11.7. The van der Waals surface area contributed by atoms with Gasteiger partial charge in [-0.1, -0.05) is 6.92 Å². The van der Waals surface area contributed by atoms with Gasteiger partial charge < -0.3 is 15.5 Å². The maximum atomic E-state index is 10.7. The average Bonchev–Trinajstić information content (AvgIpc) is 2.46. The van der Waals surface area contributed by atoms with E-state index in [0.29, 0.717) is 0 Å². The molecule has 1 aromatic heterocycles. The van der Waals surface area contributed by atoms with E-state index in [2.05, 4.69) is 29.8 Å². The minimum Gasteiger partial charge on any atom is -0.353 e. The van der Waals surface area contributed by atoms with E-state index >= 15 is 0 Å². The molecule has 0 saturated carbocycles. The Labute approximate surface area is 114 Å². The van der Waals surface area contributed by atoms with Crippen molar-refractivity contribution < 1.29 is 4.79 Å². The maximum Gasteiger partial charge on any atom is 0.209 e. The van der Waals surface area contributed by atoms with Crippen molar-refractivity contribution in [1.29, 1.82) is 0 Å². The fourth-order valence-electron chi connectivity index (χ4n) is 2.39. The van der Waals surface area contributed by atoms with Gasteiger partial charge in [-0.3, -0.25) is 4.79 Å². The summed E-state index contributed by atoms with van der Waals surface area (Å²) in [7, 11) is 0. The second-order valence-corrected chi connectivity index (χ2v) is 5.04. The van der Waals surface area contributed by atoms with Gasteiger partial charge >= 0.3 is 0 Å². The molecule has 2 N–H and O–H groups in total. The lowest BCUT2D eigenvalue weighted by atomic mass is 10.0. The Morgan fingerprint density at radius 2 is 2.11 bits per heavy atom. The van der Waals surface area contributed by atoms with E-state index in [1.54, 1.807) is 4.90 Å². The molecule has 1 aromatic rings. The Balaban J connectivity index is 2.10. The minimum atomic E-state index is 0.0634. The summed E-state index contributed by atoms with van der Waals surface area (Å²) in [5.41, 5.74) is 8.38. The van der Waals surface area contributed by atoms with E-state index in [1.807, 2.05) is 6.20 Å². The number of nitrogens with zero attached hydrogens (tertiary/aromatic N) is 3. The first kappa shape index (κ1) is 13.8. The number of hydrogen-bond donors (Lipinski definition) is 1. The van der Waals surface area contributed by atoms with E-state index in [0.717, 1.165) is 50.4 Å². The molecule has 1 saturated heterocycles. The molecule has 0 spiro atoms. The zero-order chi connectivity index (χ0) is 13.8. The predicted molar refractivity (Wildman–Crippen MR) is 76.0 cm³/mol. The Bertz CT molecular complexity index is 441. The molecule has 5 heteroatoms. The number of carbonyl (C=O) groups is 1. The Morgan fingerprint density at radius 3 is 2.63 bits per heavy atom. The molecule has 1 atom stereocenters. The topological polar surface area (TPSA) is 62.5 Å². The molecule has 1 aliphatic heterocycles. The number of pyridine rings is 1. The zero-order valence-electron chi connectivity index (χ0n) is 11.7. The van der Waals surface area contributed by atoms with Crippen LogP contribution < -0.4 is 10.6 Å². The molecule has 2 heterocycles. The van der Waals surface area contributed by atoms with Gasteiger partial charge in [0, 0.05) is 38.4 Å². The quantitative estimate of drug-likeness (QED) is 0.825. The number of hydrogen-bond acceptors (Lipinski definition) is 4. The molecule has 2 rings (SSSR count). The summed E-state index contributed by atoms with van der Waals surface area (Å²) in [4.78, 5) is 19.2. The van der Waals surface area contributed by atoms with Gasteiger partial charge in [-0.15, -0.1) is 0 Å². The van der Waals surface area contributed by atoms with Crippen molar-refractivity contribution in [3.8, 4) is 0 Å². The highest BCUT2D eigenvalue weighted by Gasteiger charge is 2.17. The van der Waals surface area contributed by atoms with Crippen molar-refractivity contribution in [1.82, 2.24) is 9.88 Å². The highest BCUT2D eigenvalue weighted by Crippen LogP contribution is 2.22. The molecule has 104 valence electrons. The van der Waals surface area contributed by atoms with Crippen molar-refractivity contribution in [2.24, 2.45) is 5.73 Å². The van der Waals surface area contributed by atoms with Gasteiger partial charge in [-0.05, 0) is 30.5 Å². The Morgan fingerprint density at radius 1 is 1.42 bits per heavy atom. The van der Waals surface area contributed by atoms with Crippen LogP contribution in [0, 0.1) is 6.92 Å². The molecular weight excluding hydrogens is 240 g/mol. The Kier molecular flexibility index (Phi) is 4.37. The lowest BCUT2D eigenvalue weighted by Gasteiger charge is -2.33. The summed E-state index contributed by atoms with van der Waals surface area (Å²) in [5, 5.41) is 0. The molecule has 19 heavy (non-hydrogen) atoms. The number of amides is 1. The average molecular weight is 262 g/mol. The summed E-state index contributed by atoms with van der Waals surface area (Å²) in [6.07, 6.45) is 3.73. The normalized spacial score (nSPS) is 17.4. The highest BCUT2D eigenvalue weighted by atomic mass is 16.1. The van der Waals surface area contributed by atoms with Gasteiger partial charge in [-0.2, -0.15) is 0 Å². The van der Waals surface area contributed by atoms with Crippen molar-refractivity contribution in [3.63, 3.8) is 0 Å². The summed E-state index contributed by atoms with van der Waals surface area (Å²) in [6.45, 7) is 7.37. The van der Waals surface area contributed by atoms with Crippen molar-refractivity contribution in [2.75, 3.05) is 31.1 Å². The summed E-state index contributed by atoms with van der Waals surface area (Å²) in [5.74, 6) is 0.982. The summed E-state index contributed by atoms with van der Waals surface area (Å²) < 4.78 is 0. The van der Waals surface area contributed by atoms with Gasteiger partial charge in [-0.25, -0.2) is 4.98 Å². The van der Waals surface area contributed by atoms with Gasteiger partial charge in [0.15, 0.2) is 0 Å². The largest absolute Gasteiger partial charge is 0.353 e. The van der Waals surface area contributed by atoms with E-state index in [1.165, 1.54) is 5.56 Å². The first-order valence-corrected chi connectivity index (χ1v) is 6.82. The third kappa shape index (κ3) is 3.04. The molecular formula is C14H22N4O. The highest BCUT2D eigenvalue weighted by molar-refractivity contribution is 5.50. The SMILES string of the molecule is CC[C@@H](N)c1cnc(N2CCN(C=O)CC2)cc1C. The fourth-order valence-corrected chi connectivity index (χ4v) is 2.39. The van der Waals surface area contributed by atoms with Crippen LogP contribution in [0.25, 0.3) is 0 Å². The number of carbonyl (C=O) groups excluding carboxylic acids is 1. The second-order valence-electron chi connectivity index (χ2n) is 5.04. The molecule has 1 aliphatic rings. The third-order valence-electron chi connectivity index (χ3n) is 3.76. The molecule has 0 radical (unpaired) electrons. The smallest absolute Gasteiger partial charge is 0.209 e. The van der Waals surface area contributed by atoms with Crippen LogP contribution in [0.2, 0.25) is 0 Å². The monoisotopic (exact) mass is 262 g/mol. The Hall–Kier alpha value is -1.62. The first-order valence-electron chi connectivity index (χ1n) is 6.82. The number of piperazine rings is 1. The fraction of sp³-hybridized carbons (Fsp3) is 0.571. The third-order valence-corrected chi connectivity index (χ3v) is 3.76. The van der Waals surface area contributed by atoms with Crippen LogP contribution in [-0.2, 0) is 4.79 Å². The van der Waals surface area contributed by atoms with Gasteiger partial charge in [0.1, 0.15) is 5.82 Å². The van der Waals surface area contributed by atoms with Crippen LogP contribution >= 0.6 is 0 Å². The number of nitrogens with two attached hydrogens (primary N) is 1. The van der Waals surface area contributed by atoms with Crippen LogP contribution in [0.4, 0.5) is 5.82 Å². The van der Waals surface area contributed by atoms with Gasteiger partial charge in [0.05, 0.1) is 0 Å². The first-order chi connectivity index (χ1) is 9.15. The predicted octanol–water partition coefficient (Wildman–Crippen LogP) is 1.08. The van der Waals surface area contributed by atoms with Crippen LogP contribution in [0.15, 0.2) is 12.3 Å². The molecule has 0 aromatic carbocycles. The van der Waals surface area contributed by atoms with Crippen LogP contribution in [0.1, 0.15) is 30.5 Å². The van der Waals surface area contributed by atoms with Crippen molar-refractivity contribution in [2.45, 2.75) is 26.3 Å². The van der Waals surface area contributed by atoms with E-state index in [-0.39, 0.29) is 6.04 Å². The van der Waals surface area contributed by atoms with Gasteiger partial charge in [0.25, 0.3) is 0 Å². The lowest BCUT2D eigenvalue weighted by molar-refractivity contribution is -0.118. The van der Waals surface area contributed by atoms with Crippen molar-refractivity contribution >= 4 is 12.2 Å². The number of anilines is 1. The lowest BCUT2D eigenvalue weighted by Crippen LogP contribution is -2.46. The maximum absolute atomic E-state index is 10.7. The van der Waals surface area contributed by atoms with Gasteiger partial charge in [0.2, 0.25) is 6.41 Å². The van der Waals surface area contributed by atoms with Crippen LogP contribution in [0.5, 0.6) is 0 Å². The van der Waals surface area contributed by atoms with E-state index < -0.39 is 0 Å². The van der Waals surface area contributed by atoms with E-state index in [4.69, 9.17) is 5.73 Å². The molecule has 1 amide bonds. The van der Waals surface area contributed by atoms with Crippen LogP contribution in [0.3, 0.4) is 0 Å². The molecule has 1 fully saturated rings. The standard InChI is InChI=1S/C14H22N4O/c1-3-13(15)12-9-16-14(8-11(12)2)18-6-4-17(10-19)5-7-18/h8-10,13H,3-7,15H2,1-2H3/t13-/m1/s1. The summed E-state index contributed by atoms with van der Waals surface area (Å²) >= 11 is 0. The number of aryl methyl sites for hydroxylation is 1. The summed E-state index contributed by atoms with van der Waals surface area (Å²) in [6, 6.07) is 2.16. The second kappa shape index (κ2) is 6.02. The molecule has 5 nitrogen and oxygen atoms in total. The van der Waals surface area contributed by atoms with Crippen LogP contribution in [-0.4, -0.2) is 42.5 Å². The number of rotatable bonds is 4. The minimum absolute atomic E-state index is 0.0634. The van der Waals surface area contributed by atoms with E-state index in [9.17, 15) is 4.79 Å². The van der Waals surface area contributed by atoms with Crippen molar-refractivity contribution in [3.05, 3.63) is 23.4 Å². The molecule has 0 unspecified atom stereocenters.